The Bertz CT molecular complexity index is 873. The fourth-order valence-corrected chi connectivity index (χ4v) is 8.26. The summed E-state index contributed by atoms with van der Waals surface area (Å²) in [5, 5.41) is 40.2. The predicted octanol–water partition coefficient (Wildman–Crippen LogP) is 12.2. The minimum Gasteiger partial charge on any atom is -0.457 e. The summed E-state index contributed by atoms with van der Waals surface area (Å²) in [5.74, 6) is -0.305. The van der Waals surface area contributed by atoms with Crippen molar-refractivity contribution in [2.45, 2.75) is 288 Å². The Morgan fingerprint density at radius 1 is 0.475 bits per heavy atom. The van der Waals surface area contributed by atoms with Crippen LogP contribution in [0.1, 0.15) is 251 Å². The van der Waals surface area contributed by atoms with Gasteiger partial charge in [-0.3, -0.25) is 4.79 Å². The van der Waals surface area contributed by atoms with Crippen molar-refractivity contribution in [3.63, 3.8) is 0 Å². The smallest absolute Gasteiger partial charge is 0.306 e. The molecule has 352 valence electrons. The number of carbonyl (C=O) groups is 1. The molecule has 0 aromatic rings. The largest absolute Gasteiger partial charge is 0.457 e. The van der Waals surface area contributed by atoms with Crippen molar-refractivity contribution in [3.8, 4) is 0 Å². The van der Waals surface area contributed by atoms with Crippen LogP contribution in [0, 0.1) is 0 Å². The van der Waals surface area contributed by atoms with Crippen molar-refractivity contribution >= 4 is 5.97 Å². The molecule has 0 aromatic heterocycles. The SMILES string of the molecule is CCCCCCCCCCCCCCCCCCCCCCCC(=O)OC(COCCCCCCCCCCCCCCCCC)COC1OC(CO)C(O)C(O)C1O. The van der Waals surface area contributed by atoms with Crippen LogP contribution in [-0.4, -0.2) is 89.6 Å². The molecule has 1 aliphatic heterocycles. The van der Waals surface area contributed by atoms with Crippen molar-refractivity contribution in [1.29, 1.82) is 0 Å². The highest BCUT2D eigenvalue weighted by Crippen LogP contribution is 2.23. The molecule has 6 atom stereocenters. The summed E-state index contributed by atoms with van der Waals surface area (Å²) in [5.41, 5.74) is 0. The van der Waals surface area contributed by atoms with E-state index >= 15 is 0 Å². The van der Waals surface area contributed by atoms with E-state index in [0.717, 1.165) is 32.1 Å². The molecule has 1 rings (SSSR count). The highest BCUT2D eigenvalue weighted by molar-refractivity contribution is 5.69. The molecule has 0 radical (unpaired) electrons. The van der Waals surface area contributed by atoms with E-state index < -0.39 is 43.4 Å². The van der Waals surface area contributed by atoms with Gasteiger partial charge >= 0.3 is 5.97 Å². The van der Waals surface area contributed by atoms with E-state index in [1.54, 1.807) is 0 Å². The maximum Gasteiger partial charge on any atom is 0.306 e. The van der Waals surface area contributed by atoms with Crippen LogP contribution in [-0.2, 0) is 23.7 Å². The first kappa shape index (κ1) is 56.2. The Balaban J connectivity index is 2.17. The van der Waals surface area contributed by atoms with Crippen molar-refractivity contribution in [1.82, 2.24) is 0 Å². The predicted molar refractivity (Wildman–Crippen MR) is 243 cm³/mol. The van der Waals surface area contributed by atoms with Gasteiger partial charge in [0.25, 0.3) is 0 Å². The van der Waals surface area contributed by atoms with E-state index in [-0.39, 0.29) is 19.2 Å². The van der Waals surface area contributed by atoms with Gasteiger partial charge in [-0.15, -0.1) is 0 Å². The molecule has 6 unspecified atom stereocenters. The minimum absolute atomic E-state index is 0.105. The zero-order valence-corrected chi connectivity index (χ0v) is 38.8. The van der Waals surface area contributed by atoms with E-state index in [4.69, 9.17) is 18.9 Å². The van der Waals surface area contributed by atoms with Gasteiger partial charge in [0.2, 0.25) is 0 Å². The highest BCUT2D eigenvalue weighted by Gasteiger charge is 2.44. The van der Waals surface area contributed by atoms with Crippen LogP contribution in [0.25, 0.3) is 0 Å². The van der Waals surface area contributed by atoms with E-state index in [1.165, 1.54) is 199 Å². The second kappa shape index (κ2) is 42.5. The maximum atomic E-state index is 12.8. The van der Waals surface area contributed by atoms with Gasteiger partial charge in [-0.25, -0.2) is 0 Å². The second-order valence-electron chi connectivity index (χ2n) is 18.0. The molecule has 1 heterocycles. The lowest BCUT2D eigenvalue weighted by atomic mass is 9.99. The van der Waals surface area contributed by atoms with Crippen LogP contribution in [0.2, 0.25) is 0 Å². The summed E-state index contributed by atoms with van der Waals surface area (Å²) in [4.78, 5) is 12.8. The number of aliphatic hydroxyl groups excluding tert-OH is 4. The van der Waals surface area contributed by atoms with E-state index in [0.29, 0.717) is 13.0 Å². The van der Waals surface area contributed by atoms with Crippen molar-refractivity contribution in [2.75, 3.05) is 26.4 Å². The normalized spacial score (nSPS) is 20.0. The van der Waals surface area contributed by atoms with Gasteiger partial charge in [0, 0.05) is 13.0 Å². The van der Waals surface area contributed by atoms with Crippen LogP contribution in [0.3, 0.4) is 0 Å². The van der Waals surface area contributed by atoms with Gasteiger partial charge in [0.1, 0.15) is 30.5 Å². The molecule has 0 aromatic carbocycles. The maximum absolute atomic E-state index is 12.8. The number of unbranched alkanes of at least 4 members (excludes halogenated alkanes) is 34. The van der Waals surface area contributed by atoms with Crippen molar-refractivity contribution in [2.24, 2.45) is 0 Å². The number of esters is 1. The number of hydrogen-bond donors (Lipinski definition) is 4. The van der Waals surface area contributed by atoms with Crippen molar-refractivity contribution in [3.05, 3.63) is 0 Å². The number of aliphatic hydroxyl groups is 4. The Labute approximate surface area is 363 Å². The van der Waals surface area contributed by atoms with Crippen LogP contribution < -0.4 is 0 Å². The summed E-state index contributed by atoms with van der Waals surface area (Å²) in [6, 6.07) is 0. The lowest BCUT2D eigenvalue weighted by Crippen LogP contribution is -2.59. The zero-order chi connectivity index (χ0) is 42.9. The quantitative estimate of drug-likeness (QED) is 0.0349. The highest BCUT2D eigenvalue weighted by atomic mass is 16.7. The summed E-state index contributed by atoms with van der Waals surface area (Å²) in [6.07, 6.45) is 39.9. The molecule has 0 bridgehead atoms. The Morgan fingerprint density at radius 2 is 0.831 bits per heavy atom. The molecule has 0 amide bonds. The van der Waals surface area contributed by atoms with Crippen LogP contribution in [0.4, 0.5) is 0 Å². The first-order valence-corrected chi connectivity index (χ1v) is 25.6. The van der Waals surface area contributed by atoms with Gasteiger partial charge < -0.3 is 39.4 Å². The molecule has 4 N–H and O–H groups in total. The Kier molecular flexibility index (Phi) is 40.5. The third-order valence-electron chi connectivity index (χ3n) is 12.3. The first-order valence-electron chi connectivity index (χ1n) is 25.6. The van der Waals surface area contributed by atoms with Gasteiger partial charge in [0.15, 0.2) is 6.29 Å². The fraction of sp³-hybridized carbons (Fsp3) is 0.980. The second-order valence-corrected chi connectivity index (χ2v) is 18.0. The van der Waals surface area contributed by atoms with E-state index in [9.17, 15) is 25.2 Å². The molecule has 9 heteroatoms. The standard InChI is InChI=1S/C50H98O9/c1-3-5-7-9-11-13-15-17-19-20-21-22-23-24-25-27-29-31-33-35-37-39-46(52)58-44(43-57-50-49(55)48(54)47(53)45(41-51)59-50)42-56-40-38-36-34-32-30-28-26-18-16-14-12-10-8-6-4-2/h44-45,47-51,53-55H,3-43H2,1-2H3. The summed E-state index contributed by atoms with van der Waals surface area (Å²) >= 11 is 0. The van der Waals surface area contributed by atoms with E-state index in [2.05, 4.69) is 13.8 Å². The van der Waals surface area contributed by atoms with Gasteiger partial charge in [-0.1, -0.05) is 232 Å². The Morgan fingerprint density at radius 3 is 1.20 bits per heavy atom. The molecule has 0 saturated carbocycles. The number of rotatable bonds is 45. The number of hydrogen-bond acceptors (Lipinski definition) is 9. The molecular weight excluding hydrogens is 745 g/mol. The first-order chi connectivity index (χ1) is 28.9. The van der Waals surface area contributed by atoms with Crippen molar-refractivity contribution < 1.29 is 44.2 Å². The average Bonchev–Trinajstić information content (AvgIpc) is 3.24. The monoisotopic (exact) mass is 843 g/mol. The molecule has 9 nitrogen and oxygen atoms in total. The van der Waals surface area contributed by atoms with E-state index in [1.807, 2.05) is 0 Å². The summed E-state index contributed by atoms with van der Waals surface area (Å²) < 4.78 is 22.9. The fourth-order valence-electron chi connectivity index (χ4n) is 8.26. The molecule has 1 aliphatic rings. The molecule has 0 spiro atoms. The minimum atomic E-state index is -1.53. The van der Waals surface area contributed by atoms with Crippen LogP contribution in [0.15, 0.2) is 0 Å². The van der Waals surface area contributed by atoms with Gasteiger partial charge in [-0.05, 0) is 12.8 Å². The lowest BCUT2D eigenvalue weighted by molar-refractivity contribution is -0.305. The van der Waals surface area contributed by atoms with Crippen LogP contribution >= 0.6 is 0 Å². The molecular formula is C50H98O9. The molecule has 0 aliphatic carbocycles. The Hall–Kier alpha value is -0.810. The van der Waals surface area contributed by atoms with Crippen LogP contribution in [0.5, 0.6) is 0 Å². The summed E-state index contributed by atoms with van der Waals surface area (Å²) in [6.45, 7) is 4.63. The molecule has 1 saturated heterocycles. The third kappa shape index (κ3) is 33.4. The number of carbonyl (C=O) groups excluding carboxylic acids is 1. The topological polar surface area (TPSA) is 135 Å². The summed E-state index contributed by atoms with van der Waals surface area (Å²) in [7, 11) is 0. The van der Waals surface area contributed by atoms with Gasteiger partial charge in [-0.2, -0.15) is 0 Å². The van der Waals surface area contributed by atoms with Gasteiger partial charge in [0.05, 0.1) is 19.8 Å². The zero-order valence-electron chi connectivity index (χ0n) is 38.8. The third-order valence-corrected chi connectivity index (χ3v) is 12.3. The average molecular weight is 843 g/mol. The molecule has 1 fully saturated rings. The molecule has 59 heavy (non-hydrogen) atoms. The number of ether oxygens (including phenoxy) is 4. The lowest BCUT2D eigenvalue weighted by Gasteiger charge is -2.39.